The zero-order valence-corrected chi connectivity index (χ0v) is 7.92. The van der Waals surface area contributed by atoms with Gasteiger partial charge in [0.2, 0.25) is 6.41 Å². The van der Waals surface area contributed by atoms with E-state index >= 15 is 0 Å². The smallest absolute Gasteiger partial charge is 0.323 e. The van der Waals surface area contributed by atoms with Crippen LogP contribution < -0.4 is 5.32 Å². The number of anilines is 1. The lowest BCUT2D eigenvalue weighted by Gasteiger charge is -2.09. The number of hydrogen-bond donors (Lipinski definition) is 1. The number of nitro groups is 1. The molecule has 1 aromatic rings. The molecule has 0 saturated heterocycles. The number of carbonyl (C=O) groups excluding carboxylic acids is 1. The van der Waals surface area contributed by atoms with Crippen LogP contribution in [0.15, 0.2) is 12.1 Å². The van der Waals surface area contributed by atoms with Gasteiger partial charge in [-0.05, 0) is 0 Å². The Morgan fingerprint density at radius 1 is 1.35 bits per heavy atom. The summed E-state index contributed by atoms with van der Waals surface area (Å²) in [6.07, 6.45) is -5.05. The third-order valence-electron chi connectivity index (χ3n) is 1.80. The first kappa shape index (κ1) is 12.9. The molecule has 0 heterocycles. The van der Waals surface area contributed by atoms with Gasteiger partial charge in [-0.2, -0.15) is 13.2 Å². The first-order valence-electron chi connectivity index (χ1n) is 4.02. The van der Waals surface area contributed by atoms with Crippen LogP contribution in [-0.4, -0.2) is 11.3 Å². The molecule has 0 aliphatic heterocycles. The zero-order valence-electron chi connectivity index (χ0n) is 7.92. The van der Waals surface area contributed by atoms with E-state index in [9.17, 15) is 32.5 Å². The molecule has 0 saturated carbocycles. The van der Waals surface area contributed by atoms with E-state index in [-0.39, 0.29) is 18.5 Å². The van der Waals surface area contributed by atoms with Crippen molar-refractivity contribution in [2.45, 2.75) is 6.18 Å². The highest BCUT2D eigenvalue weighted by Gasteiger charge is 2.36. The molecule has 0 fully saturated rings. The normalized spacial score (nSPS) is 11.1. The Morgan fingerprint density at radius 2 is 1.94 bits per heavy atom. The SMILES string of the molecule is O=CNc1cc(F)c(C(F)(F)F)cc1[N+](=O)[O-]. The summed E-state index contributed by atoms with van der Waals surface area (Å²) >= 11 is 0. The fourth-order valence-electron chi connectivity index (χ4n) is 1.11. The van der Waals surface area contributed by atoms with Crippen LogP contribution in [0.4, 0.5) is 28.9 Å². The molecule has 0 bridgehead atoms. The number of nitrogens with zero attached hydrogens (tertiary/aromatic N) is 1. The molecule has 0 aliphatic rings. The maximum atomic E-state index is 13.0. The standard InChI is InChI=1S/C8H4F4N2O3/c9-5-2-6(13-3-15)7(14(16)17)1-4(5)8(10,11)12/h1-3H,(H,13,15). The highest BCUT2D eigenvalue weighted by Crippen LogP contribution is 2.36. The van der Waals surface area contributed by atoms with Gasteiger partial charge in [-0.25, -0.2) is 4.39 Å². The molecule has 1 rings (SSSR count). The monoisotopic (exact) mass is 252 g/mol. The summed E-state index contributed by atoms with van der Waals surface area (Å²) in [6.45, 7) is 0. The molecule has 0 unspecified atom stereocenters. The predicted molar refractivity (Wildman–Crippen MR) is 47.7 cm³/mol. The van der Waals surface area contributed by atoms with Crippen molar-refractivity contribution >= 4 is 17.8 Å². The van der Waals surface area contributed by atoms with E-state index in [0.717, 1.165) is 0 Å². The molecule has 0 radical (unpaired) electrons. The summed E-state index contributed by atoms with van der Waals surface area (Å²) in [5, 5.41) is 12.2. The summed E-state index contributed by atoms with van der Waals surface area (Å²) < 4.78 is 49.8. The Labute approximate surface area is 91.2 Å². The van der Waals surface area contributed by atoms with Crippen molar-refractivity contribution < 1.29 is 27.3 Å². The molecule has 1 aromatic carbocycles. The van der Waals surface area contributed by atoms with Crippen LogP contribution >= 0.6 is 0 Å². The lowest BCUT2D eigenvalue weighted by Crippen LogP contribution is -2.10. The molecule has 5 nitrogen and oxygen atoms in total. The number of benzene rings is 1. The van der Waals surface area contributed by atoms with Crippen LogP contribution in [0.3, 0.4) is 0 Å². The molecule has 0 atom stereocenters. The largest absolute Gasteiger partial charge is 0.419 e. The average Bonchev–Trinajstić information content (AvgIpc) is 2.15. The Bertz CT molecular complexity index is 473. The number of carbonyl (C=O) groups is 1. The third-order valence-corrected chi connectivity index (χ3v) is 1.80. The fourth-order valence-corrected chi connectivity index (χ4v) is 1.11. The van der Waals surface area contributed by atoms with Crippen molar-refractivity contribution in [2.75, 3.05) is 5.32 Å². The first-order valence-corrected chi connectivity index (χ1v) is 4.02. The average molecular weight is 252 g/mol. The van der Waals surface area contributed by atoms with Crippen molar-refractivity contribution in [1.82, 2.24) is 0 Å². The van der Waals surface area contributed by atoms with E-state index in [1.165, 1.54) is 0 Å². The lowest BCUT2D eigenvalue weighted by atomic mass is 10.1. The molecule has 9 heteroatoms. The predicted octanol–water partition coefficient (Wildman–Crippen LogP) is 2.32. The topological polar surface area (TPSA) is 72.2 Å². The number of amides is 1. The van der Waals surface area contributed by atoms with Crippen LogP contribution in [0.2, 0.25) is 0 Å². The number of hydrogen-bond acceptors (Lipinski definition) is 3. The molecular weight excluding hydrogens is 248 g/mol. The summed E-state index contributed by atoms with van der Waals surface area (Å²) in [5.41, 5.74) is -3.44. The van der Waals surface area contributed by atoms with Crippen molar-refractivity contribution in [3.05, 3.63) is 33.6 Å². The van der Waals surface area contributed by atoms with Crippen LogP contribution in [0, 0.1) is 15.9 Å². The van der Waals surface area contributed by atoms with Gasteiger partial charge >= 0.3 is 6.18 Å². The zero-order chi connectivity index (χ0) is 13.2. The van der Waals surface area contributed by atoms with Gasteiger partial charge in [0.1, 0.15) is 11.5 Å². The quantitative estimate of drug-likeness (QED) is 0.388. The van der Waals surface area contributed by atoms with Crippen molar-refractivity contribution in [3.8, 4) is 0 Å². The van der Waals surface area contributed by atoms with Crippen LogP contribution in [-0.2, 0) is 11.0 Å². The minimum atomic E-state index is -5.05. The number of nitrogens with one attached hydrogen (secondary N) is 1. The number of nitro benzene ring substituents is 1. The van der Waals surface area contributed by atoms with Crippen LogP contribution in [0.5, 0.6) is 0 Å². The Morgan fingerprint density at radius 3 is 2.35 bits per heavy atom. The summed E-state index contributed by atoms with van der Waals surface area (Å²) in [5.74, 6) is -1.70. The minimum Gasteiger partial charge on any atom is -0.323 e. The fraction of sp³-hybridized carbons (Fsp3) is 0.125. The van der Waals surface area contributed by atoms with Gasteiger partial charge < -0.3 is 5.32 Å². The maximum Gasteiger partial charge on any atom is 0.419 e. The molecule has 0 spiro atoms. The number of rotatable bonds is 3. The maximum absolute atomic E-state index is 13.0. The Balaban J connectivity index is 3.45. The van der Waals surface area contributed by atoms with Gasteiger partial charge in [-0.15, -0.1) is 0 Å². The van der Waals surface area contributed by atoms with E-state index in [1.807, 2.05) is 0 Å². The lowest BCUT2D eigenvalue weighted by molar-refractivity contribution is -0.384. The van der Waals surface area contributed by atoms with Crippen molar-refractivity contribution in [3.63, 3.8) is 0 Å². The molecule has 92 valence electrons. The van der Waals surface area contributed by atoms with Crippen molar-refractivity contribution in [1.29, 1.82) is 0 Å². The third kappa shape index (κ3) is 2.68. The molecule has 0 aromatic heterocycles. The van der Waals surface area contributed by atoms with Gasteiger partial charge in [-0.1, -0.05) is 0 Å². The highest BCUT2D eigenvalue weighted by molar-refractivity contribution is 5.78. The van der Waals surface area contributed by atoms with Crippen molar-refractivity contribution in [2.24, 2.45) is 0 Å². The van der Waals surface area contributed by atoms with E-state index in [1.54, 1.807) is 5.32 Å². The van der Waals surface area contributed by atoms with Gasteiger partial charge in [-0.3, -0.25) is 14.9 Å². The second kappa shape index (κ2) is 4.36. The van der Waals surface area contributed by atoms with E-state index in [0.29, 0.717) is 0 Å². The van der Waals surface area contributed by atoms with Gasteiger partial charge in [0.15, 0.2) is 0 Å². The number of alkyl halides is 3. The van der Waals surface area contributed by atoms with Gasteiger partial charge in [0, 0.05) is 12.1 Å². The van der Waals surface area contributed by atoms with Crippen LogP contribution in [0.1, 0.15) is 5.56 Å². The van der Waals surface area contributed by atoms with E-state index < -0.39 is 33.9 Å². The molecule has 17 heavy (non-hydrogen) atoms. The van der Waals surface area contributed by atoms with E-state index in [2.05, 4.69) is 0 Å². The molecule has 1 N–H and O–H groups in total. The summed E-state index contributed by atoms with van der Waals surface area (Å²) in [4.78, 5) is 19.4. The molecule has 1 amide bonds. The highest BCUT2D eigenvalue weighted by atomic mass is 19.4. The van der Waals surface area contributed by atoms with Gasteiger partial charge in [0.05, 0.1) is 10.5 Å². The van der Waals surface area contributed by atoms with E-state index in [4.69, 9.17) is 0 Å². The second-order valence-corrected chi connectivity index (χ2v) is 2.87. The minimum absolute atomic E-state index is 0.00493. The second-order valence-electron chi connectivity index (χ2n) is 2.87. The Hall–Kier alpha value is -2.19. The molecule has 0 aliphatic carbocycles. The van der Waals surface area contributed by atoms with Crippen LogP contribution in [0.25, 0.3) is 0 Å². The van der Waals surface area contributed by atoms with Gasteiger partial charge in [0.25, 0.3) is 5.69 Å². The molecular formula is C8H4F4N2O3. The first-order chi connectivity index (χ1) is 7.77. The Kier molecular flexibility index (Phi) is 3.30. The summed E-state index contributed by atoms with van der Waals surface area (Å²) in [6, 6.07) is 0.274. The summed E-state index contributed by atoms with van der Waals surface area (Å²) in [7, 11) is 0. The number of halogens is 4.